The summed E-state index contributed by atoms with van der Waals surface area (Å²) in [5, 5.41) is 7.88. The lowest BCUT2D eigenvalue weighted by Gasteiger charge is -2.11. The number of thiazole rings is 1. The zero-order valence-electron chi connectivity index (χ0n) is 15.8. The van der Waals surface area contributed by atoms with Crippen LogP contribution in [0.1, 0.15) is 47.7 Å². The SMILES string of the molecule is CN=C(NCCCCCCCN(C)C)NCc1sc(C)nc1C.I. The number of halogens is 1. The fourth-order valence-electron chi connectivity index (χ4n) is 2.41. The normalized spacial score (nSPS) is 11.5. The maximum Gasteiger partial charge on any atom is 0.191 e. The van der Waals surface area contributed by atoms with Crippen LogP contribution in [0.15, 0.2) is 4.99 Å². The van der Waals surface area contributed by atoms with Crippen molar-refractivity contribution >= 4 is 41.3 Å². The summed E-state index contributed by atoms with van der Waals surface area (Å²) in [6, 6.07) is 0. The van der Waals surface area contributed by atoms with Crippen LogP contribution in [-0.4, -0.2) is 50.1 Å². The van der Waals surface area contributed by atoms with Gasteiger partial charge in [0.2, 0.25) is 0 Å². The van der Waals surface area contributed by atoms with E-state index >= 15 is 0 Å². The zero-order valence-corrected chi connectivity index (χ0v) is 19.0. The molecule has 1 heterocycles. The highest BCUT2D eigenvalue weighted by atomic mass is 127. The summed E-state index contributed by atoms with van der Waals surface area (Å²) >= 11 is 1.75. The highest BCUT2D eigenvalue weighted by molar-refractivity contribution is 14.0. The number of guanidine groups is 1. The van der Waals surface area contributed by atoms with E-state index in [0.717, 1.165) is 29.8 Å². The lowest BCUT2D eigenvalue weighted by Crippen LogP contribution is -2.37. The molecule has 0 amide bonds. The predicted molar refractivity (Wildman–Crippen MR) is 117 cm³/mol. The van der Waals surface area contributed by atoms with Gasteiger partial charge in [-0.1, -0.05) is 19.3 Å². The van der Waals surface area contributed by atoms with Crippen LogP contribution >= 0.6 is 35.3 Å². The topological polar surface area (TPSA) is 52.6 Å². The third-order valence-corrected chi connectivity index (χ3v) is 4.79. The van der Waals surface area contributed by atoms with Crippen molar-refractivity contribution < 1.29 is 0 Å². The van der Waals surface area contributed by atoms with Crippen LogP contribution in [0.3, 0.4) is 0 Å². The number of nitrogens with one attached hydrogen (secondary N) is 2. The molecule has 0 aliphatic rings. The van der Waals surface area contributed by atoms with Crippen molar-refractivity contribution in [2.75, 3.05) is 34.2 Å². The minimum Gasteiger partial charge on any atom is -0.356 e. The second kappa shape index (κ2) is 13.8. The Hall–Kier alpha value is -0.410. The maximum absolute atomic E-state index is 4.45. The van der Waals surface area contributed by atoms with Crippen molar-refractivity contribution in [2.24, 2.45) is 4.99 Å². The highest BCUT2D eigenvalue weighted by Gasteiger charge is 2.05. The van der Waals surface area contributed by atoms with E-state index in [2.05, 4.69) is 46.5 Å². The summed E-state index contributed by atoms with van der Waals surface area (Å²) < 4.78 is 0. The van der Waals surface area contributed by atoms with Crippen LogP contribution in [0.25, 0.3) is 0 Å². The Morgan fingerprint density at radius 2 is 1.75 bits per heavy atom. The fraction of sp³-hybridized carbons (Fsp3) is 0.765. The largest absolute Gasteiger partial charge is 0.356 e. The molecule has 0 atom stereocenters. The van der Waals surface area contributed by atoms with E-state index < -0.39 is 0 Å². The number of nitrogens with zero attached hydrogens (tertiary/aromatic N) is 3. The van der Waals surface area contributed by atoms with Crippen LogP contribution in [0.5, 0.6) is 0 Å². The average Bonchev–Trinajstić information content (AvgIpc) is 2.82. The summed E-state index contributed by atoms with van der Waals surface area (Å²) in [4.78, 5) is 12.3. The first-order valence-corrected chi connectivity index (χ1v) is 9.36. The molecular formula is C17H34IN5S. The molecule has 140 valence electrons. The second-order valence-electron chi connectivity index (χ2n) is 6.17. The van der Waals surface area contributed by atoms with Crippen LogP contribution in [0.4, 0.5) is 0 Å². The van der Waals surface area contributed by atoms with E-state index in [1.165, 1.54) is 43.5 Å². The minimum absolute atomic E-state index is 0. The Balaban J connectivity index is 0.00000529. The summed E-state index contributed by atoms with van der Waals surface area (Å²) in [6.07, 6.45) is 6.43. The van der Waals surface area contributed by atoms with Gasteiger partial charge < -0.3 is 15.5 Å². The Bertz CT molecular complexity index is 474. The molecule has 0 spiro atoms. The lowest BCUT2D eigenvalue weighted by atomic mass is 10.1. The molecule has 0 unspecified atom stereocenters. The van der Waals surface area contributed by atoms with Gasteiger partial charge in [0.1, 0.15) is 0 Å². The Kier molecular flexibility index (Phi) is 13.6. The van der Waals surface area contributed by atoms with E-state index in [1.54, 1.807) is 11.3 Å². The number of aromatic nitrogens is 1. The van der Waals surface area contributed by atoms with Crippen LogP contribution in [0, 0.1) is 13.8 Å². The van der Waals surface area contributed by atoms with E-state index in [-0.39, 0.29) is 24.0 Å². The maximum atomic E-state index is 4.45. The molecule has 0 aliphatic carbocycles. The summed E-state index contributed by atoms with van der Waals surface area (Å²) in [7, 11) is 6.09. The summed E-state index contributed by atoms with van der Waals surface area (Å²) in [5.74, 6) is 0.878. The molecule has 0 fully saturated rings. The standard InChI is InChI=1S/C17H33N5S.HI/c1-14-16(23-15(2)21-14)13-20-17(18-3)19-11-9-7-6-8-10-12-22(4)5;/h6-13H2,1-5H3,(H2,18,19,20);1H. The summed E-state index contributed by atoms with van der Waals surface area (Å²) in [5.41, 5.74) is 1.12. The van der Waals surface area contributed by atoms with Gasteiger partial charge in [-0.3, -0.25) is 4.99 Å². The van der Waals surface area contributed by atoms with Crippen molar-refractivity contribution in [1.82, 2.24) is 20.5 Å². The molecule has 1 rings (SSSR count). The van der Waals surface area contributed by atoms with Gasteiger partial charge in [0.05, 0.1) is 17.2 Å². The highest BCUT2D eigenvalue weighted by Crippen LogP contribution is 2.16. The van der Waals surface area contributed by atoms with Gasteiger partial charge >= 0.3 is 0 Å². The lowest BCUT2D eigenvalue weighted by molar-refractivity contribution is 0.389. The van der Waals surface area contributed by atoms with Crippen molar-refractivity contribution in [2.45, 2.75) is 52.5 Å². The summed E-state index contributed by atoms with van der Waals surface area (Å²) in [6.45, 7) is 7.08. The molecule has 0 bridgehead atoms. The monoisotopic (exact) mass is 467 g/mol. The average molecular weight is 467 g/mol. The molecule has 0 saturated heterocycles. The van der Waals surface area contributed by atoms with Crippen LogP contribution in [0.2, 0.25) is 0 Å². The molecule has 1 aromatic heterocycles. The third kappa shape index (κ3) is 10.5. The van der Waals surface area contributed by atoms with E-state index in [4.69, 9.17) is 0 Å². The van der Waals surface area contributed by atoms with Crippen molar-refractivity contribution in [1.29, 1.82) is 0 Å². The van der Waals surface area contributed by atoms with Gasteiger partial charge in [0, 0.05) is 18.5 Å². The number of hydrogen-bond acceptors (Lipinski definition) is 4. The molecule has 7 heteroatoms. The Morgan fingerprint density at radius 3 is 2.33 bits per heavy atom. The number of hydrogen-bond donors (Lipinski definition) is 2. The third-order valence-electron chi connectivity index (χ3n) is 3.71. The fourth-order valence-corrected chi connectivity index (χ4v) is 3.29. The number of aryl methyl sites for hydroxylation is 2. The molecular weight excluding hydrogens is 433 g/mol. The van der Waals surface area contributed by atoms with Gasteiger partial charge in [-0.15, -0.1) is 35.3 Å². The van der Waals surface area contributed by atoms with Gasteiger partial charge in [-0.25, -0.2) is 4.98 Å². The van der Waals surface area contributed by atoms with Gasteiger partial charge in [0.25, 0.3) is 0 Å². The number of unbranched alkanes of at least 4 members (excludes halogenated alkanes) is 4. The van der Waals surface area contributed by atoms with Gasteiger partial charge in [0.15, 0.2) is 5.96 Å². The molecule has 0 saturated carbocycles. The first-order valence-electron chi connectivity index (χ1n) is 8.55. The first kappa shape index (κ1) is 23.6. The van der Waals surface area contributed by atoms with E-state index in [1.807, 2.05) is 14.0 Å². The second-order valence-corrected chi connectivity index (χ2v) is 7.45. The van der Waals surface area contributed by atoms with E-state index in [0.29, 0.717) is 0 Å². The minimum atomic E-state index is 0. The Morgan fingerprint density at radius 1 is 1.08 bits per heavy atom. The van der Waals surface area contributed by atoms with Crippen molar-refractivity contribution in [3.8, 4) is 0 Å². The molecule has 0 aliphatic heterocycles. The van der Waals surface area contributed by atoms with Crippen LogP contribution < -0.4 is 10.6 Å². The van der Waals surface area contributed by atoms with E-state index in [9.17, 15) is 0 Å². The first-order chi connectivity index (χ1) is 11.0. The van der Waals surface area contributed by atoms with Crippen molar-refractivity contribution in [3.05, 3.63) is 15.6 Å². The quantitative estimate of drug-likeness (QED) is 0.239. The molecule has 2 N–H and O–H groups in total. The smallest absolute Gasteiger partial charge is 0.191 e. The zero-order chi connectivity index (χ0) is 17.1. The number of rotatable bonds is 10. The van der Waals surface area contributed by atoms with Gasteiger partial charge in [-0.05, 0) is 47.3 Å². The molecule has 0 aromatic carbocycles. The van der Waals surface area contributed by atoms with Crippen LogP contribution in [-0.2, 0) is 6.54 Å². The number of aliphatic imine (C=N–C) groups is 1. The van der Waals surface area contributed by atoms with Crippen molar-refractivity contribution in [3.63, 3.8) is 0 Å². The molecule has 24 heavy (non-hydrogen) atoms. The Labute approximate surface area is 168 Å². The molecule has 0 radical (unpaired) electrons. The predicted octanol–water partition coefficient (Wildman–Crippen LogP) is 3.56. The van der Waals surface area contributed by atoms with Gasteiger partial charge in [-0.2, -0.15) is 0 Å². The molecule has 5 nitrogen and oxygen atoms in total. The molecule has 1 aromatic rings.